The number of carbonyl (C=O) groups excluding carboxylic acids is 1. The van der Waals surface area contributed by atoms with Gasteiger partial charge >= 0.3 is 6.09 Å². The Labute approximate surface area is 127 Å². The standard InChI is InChI=1S/C14H16Cl2FNO2/c1-14(2,3)20-13(19)18-6-4-5-9-7-10(15)12(16)11(17)8-9/h4-5,7-8H,6H2,1-3H3,(H,18,19). The average Bonchev–Trinajstić information content (AvgIpc) is 2.29. The number of hydrogen-bond donors (Lipinski definition) is 1. The molecule has 0 saturated carbocycles. The third-order valence-corrected chi connectivity index (χ3v) is 2.86. The van der Waals surface area contributed by atoms with E-state index in [9.17, 15) is 9.18 Å². The van der Waals surface area contributed by atoms with Gasteiger partial charge < -0.3 is 10.1 Å². The molecule has 3 nitrogen and oxygen atoms in total. The molecule has 0 aliphatic heterocycles. The number of hydrogen-bond acceptors (Lipinski definition) is 2. The molecule has 0 unspecified atom stereocenters. The van der Waals surface area contributed by atoms with E-state index in [0.29, 0.717) is 5.56 Å². The monoisotopic (exact) mass is 319 g/mol. The van der Waals surface area contributed by atoms with Crippen molar-refractivity contribution >= 4 is 35.4 Å². The van der Waals surface area contributed by atoms with Gasteiger partial charge in [0, 0.05) is 6.54 Å². The van der Waals surface area contributed by atoms with Gasteiger partial charge in [-0.1, -0.05) is 35.4 Å². The molecule has 0 fully saturated rings. The summed E-state index contributed by atoms with van der Waals surface area (Å²) in [5.41, 5.74) is 0.0172. The van der Waals surface area contributed by atoms with Gasteiger partial charge in [-0.05, 0) is 38.5 Å². The summed E-state index contributed by atoms with van der Waals surface area (Å²) in [6.45, 7) is 5.60. The van der Waals surface area contributed by atoms with Crippen molar-refractivity contribution in [2.45, 2.75) is 26.4 Å². The first-order valence-electron chi connectivity index (χ1n) is 5.97. The van der Waals surface area contributed by atoms with Crippen LogP contribution in [0.3, 0.4) is 0 Å². The Kier molecular flexibility index (Phi) is 5.84. The summed E-state index contributed by atoms with van der Waals surface area (Å²) in [5, 5.41) is 2.59. The molecule has 6 heteroatoms. The fourth-order valence-corrected chi connectivity index (χ4v) is 1.65. The summed E-state index contributed by atoms with van der Waals surface area (Å²) in [6, 6.07) is 2.80. The summed E-state index contributed by atoms with van der Waals surface area (Å²) in [6.07, 6.45) is 2.77. The highest BCUT2D eigenvalue weighted by Gasteiger charge is 2.15. The molecule has 0 saturated heterocycles. The van der Waals surface area contributed by atoms with Gasteiger partial charge in [-0.3, -0.25) is 0 Å². The minimum atomic E-state index is -0.584. The number of nitrogens with one attached hydrogen (secondary N) is 1. The largest absolute Gasteiger partial charge is 0.444 e. The zero-order valence-electron chi connectivity index (χ0n) is 11.5. The molecule has 0 radical (unpaired) electrons. The van der Waals surface area contributed by atoms with E-state index in [2.05, 4.69) is 5.32 Å². The van der Waals surface area contributed by atoms with E-state index in [1.165, 1.54) is 12.1 Å². The van der Waals surface area contributed by atoms with E-state index >= 15 is 0 Å². The van der Waals surface area contributed by atoms with Gasteiger partial charge in [0.05, 0.1) is 10.0 Å². The highest BCUT2D eigenvalue weighted by atomic mass is 35.5. The van der Waals surface area contributed by atoms with Gasteiger partial charge in [-0.15, -0.1) is 0 Å². The number of alkyl carbamates (subject to hydrolysis) is 1. The average molecular weight is 320 g/mol. The van der Waals surface area contributed by atoms with Gasteiger partial charge in [0.2, 0.25) is 0 Å². The fraction of sp³-hybridized carbons (Fsp3) is 0.357. The summed E-state index contributed by atoms with van der Waals surface area (Å²) in [5.74, 6) is -0.584. The van der Waals surface area contributed by atoms with Crippen molar-refractivity contribution in [3.8, 4) is 0 Å². The van der Waals surface area contributed by atoms with Gasteiger partial charge in [0.25, 0.3) is 0 Å². The van der Waals surface area contributed by atoms with E-state index in [1.54, 1.807) is 32.9 Å². The Balaban J connectivity index is 2.52. The number of rotatable bonds is 3. The molecule has 110 valence electrons. The summed E-state index contributed by atoms with van der Waals surface area (Å²) < 4.78 is 18.4. The van der Waals surface area contributed by atoms with E-state index in [0.717, 1.165) is 0 Å². The maximum atomic E-state index is 13.3. The Bertz CT molecular complexity index is 501. The summed E-state index contributed by atoms with van der Waals surface area (Å²) in [4.78, 5) is 11.4. The van der Waals surface area contributed by atoms with E-state index in [1.807, 2.05) is 0 Å². The molecule has 0 heterocycles. The molecule has 1 N–H and O–H groups in total. The molecule has 0 aliphatic rings. The normalized spacial score (nSPS) is 11.7. The van der Waals surface area contributed by atoms with Crippen LogP contribution < -0.4 is 5.32 Å². The van der Waals surface area contributed by atoms with Crippen LogP contribution in [0.4, 0.5) is 9.18 Å². The smallest absolute Gasteiger partial charge is 0.407 e. The van der Waals surface area contributed by atoms with Crippen molar-refractivity contribution < 1.29 is 13.9 Å². The van der Waals surface area contributed by atoms with Crippen LogP contribution >= 0.6 is 23.2 Å². The highest BCUT2D eigenvalue weighted by Crippen LogP contribution is 2.26. The second-order valence-corrected chi connectivity index (χ2v) is 5.87. The van der Waals surface area contributed by atoms with Crippen LogP contribution in [0.15, 0.2) is 18.2 Å². The maximum absolute atomic E-state index is 13.3. The second-order valence-electron chi connectivity index (χ2n) is 5.08. The third-order valence-electron chi connectivity index (χ3n) is 2.08. The molecule has 0 aliphatic carbocycles. The van der Waals surface area contributed by atoms with Crippen molar-refractivity contribution in [3.63, 3.8) is 0 Å². The Morgan fingerprint density at radius 3 is 2.60 bits per heavy atom. The lowest BCUT2D eigenvalue weighted by Crippen LogP contribution is -2.32. The quantitative estimate of drug-likeness (QED) is 0.822. The van der Waals surface area contributed by atoms with Crippen molar-refractivity contribution in [3.05, 3.63) is 39.6 Å². The highest BCUT2D eigenvalue weighted by molar-refractivity contribution is 6.42. The number of ether oxygens (including phenoxy) is 1. The van der Waals surface area contributed by atoms with Gasteiger partial charge in [0.15, 0.2) is 0 Å². The molecule has 0 spiro atoms. The number of benzene rings is 1. The molecule has 0 atom stereocenters. The Morgan fingerprint density at radius 1 is 1.40 bits per heavy atom. The topological polar surface area (TPSA) is 38.3 Å². The molecule has 1 rings (SSSR count). The van der Waals surface area contributed by atoms with Crippen molar-refractivity contribution in [2.24, 2.45) is 0 Å². The minimum absolute atomic E-state index is 0.101. The van der Waals surface area contributed by atoms with Crippen molar-refractivity contribution in [1.29, 1.82) is 0 Å². The van der Waals surface area contributed by atoms with E-state index in [-0.39, 0.29) is 16.6 Å². The van der Waals surface area contributed by atoms with Crippen molar-refractivity contribution in [1.82, 2.24) is 5.32 Å². The van der Waals surface area contributed by atoms with Crippen LogP contribution in [-0.2, 0) is 4.74 Å². The third kappa shape index (κ3) is 5.80. The van der Waals surface area contributed by atoms with Crippen LogP contribution in [-0.4, -0.2) is 18.2 Å². The molecule has 1 aromatic rings. The zero-order chi connectivity index (χ0) is 15.3. The number of halogens is 3. The lowest BCUT2D eigenvalue weighted by Gasteiger charge is -2.19. The van der Waals surface area contributed by atoms with Crippen LogP contribution in [0.1, 0.15) is 26.3 Å². The minimum Gasteiger partial charge on any atom is -0.444 e. The number of carbonyl (C=O) groups is 1. The second kappa shape index (κ2) is 6.95. The maximum Gasteiger partial charge on any atom is 0.407 e. The lowest BCUT2D eigenvalue weighted by atomic mass is 10.2. The lowest BCUT2D eigenvalue weighted by molar-refractivity contribution is 0.0534. The SMILES string of the molecule is CC(C)(C)OC(=O)NCC=Cc1cc(F)c(Cl)c(Cl)c1. The number of amides is 1. The predicted molar refractivity (Wildman–Crippen MR) is 79.7 cm³/mol. The molecule has 20 heavy (non-hydrogen) atoms. The summed E-state index contributed by atoms with van der Waals surface area (Å²) in [7, 11) is 0. The first-order valence-corrected chi connectivity index (χ1v) is 6.72. The Hall–Kier alpha value is -1.26. The van der Waals surface area contributed by atoms with Crippen LogP contribution in [0.5, 0.6) is 0 Å². The molecular weight excluding hydrogens is 304 g/mol. The molecule has 1 aromatic carbocycles. The van der Waals surface area contributed by atoms with Gasteiger partial charge in [-0.25, -0.2) is 9.18 Å². The molecule has 0 aromatic heterocycles. The van der Waals surface area contributed by atoms with Crippen LogP contribution in [0.25, 0.3) is 6.08 Å². The molecule has 0 bridgehead atoms. The van der Waals surface area contributed by atoms with Gasteiger partial charge in [0.1, 0.15) is 11.4 Å². The van der Waals surface area contributed by atoms with Gasteiger partial charge in [-0.2, -0.15) is 0 Å². The fourth-order valence-electron chi connectivity index (χ4n) is 1.32. The predicted octanol–water partition coefficient (Wildman–Crippen LogP) is 4.67. The van der Waals surface area contributed by atoms with Crippen molar-refractivity contribution in [2.75, 3.05) is 6.54 Å². The van der Waals surface area contributed by atoms with Crippen LogP contribution in [0, 0.1) is 5.82 Å². The molecular formula is C14H16Cl2FNO2. The molecule has 1 amide bonds. The summed E-state index contributed by atoms with van der Waals surface area (Å²) >= 11 is 11.4. The Morgan fingerprint density at radius 2 is 2.05 bits per heavy atom. The first kappa shape index (κ1) is 16.8. The first-order chi connectivity index (χ1) is 9.19. The van der Waals surface area contributed by atoms with E-state index in [4.69, 9.17) is 27.9 Å². The van der Waals surface area contributed by atoms with E-state index < -0.39 is 17.5 Å². The zero-order valence-corrected chi connectivity index (χ0v) is 13.0. The van der Waals surface area contributed by atoms with Crippen LogP contribution in [0.2, 0.25) is 10.0 Å².